The second-order valence-corrected chi connectivity index (χ2v) is 6.28. The number of nitrogens with one attached hydrogen (secondary N) is 1. The predicted octanol–water partition coefficient (Wildman–Crippen LogP) is 3.08. The first kappa shape index (κ1) is 12.6. The second-order valence-electron chi connectivity index (χ2n) is 4.72. The van der Waals surface area contributed by atoms with Crippen molar-refractivity contribution in [1.29, 1.82) is 0 Å². The zero-order valence-electron chi connectivity index (χ0n) is 10.0. The third-order valence-electron chi connectivity index (χ3n) is 3.20. The summed E-state index contributed by atoms with van der Waals surface area (Å²) in [5.74, 6) is 0.854. The Balaban J connectivity index is 1.77. The first-order chi connectivity index (χ1) is 8.18. The van der Waals surface area contributed by atoms with E-state index in [2.05, 4.69) is 40.3 Å². The minimum atomic E-state index is 0.197. The lowest BCUT2D eigenvalue weighted by atomic mass is 10.1. The van der Waals surface area contributed by atoms with Crippen molar-refractivity contribution < 1.29 is 4.79 Å². The van der Waals surface area contributed by atoms with Gasteiger partial charge in [0.1, 0.15) is 0 Å². The standard InChI is InChI=1S/C14H18BrNO/c1-10(15)7-8-16-14(17)13-9-12(13)11-5-3-2-4-6-11/h2-6,10,12-13H,7-9H2,1H3,(H,16,17). The van der Waals surface area contributed by atoms with Gasteiger partial charge >= 0.3 is 0 Å². The number of benzene rings is 1. The molecule has 1 aliphatic carbocycles. The number of hydrogen-bond acceptors (Lipinski definition) is 1. The molecule has 17 heavy (non-hydrogen) atoms. The molecule has 1 amide bonds. The zero-order valence-corrected chi connectivity index (χ0v) is 11.6. The van der Waals surface area contributed by atoms with Crippen molar-refractivity contribution in [1.82, 2.24) is 5.32 Å². The topological polar surface area (TPSA) is 29.1 Å². The number of rotatable bonds is 5. The number of carbonyl (C=O) groups excluding carboxylic acids is 1. The molecular formula is C14H18BrNO. The molecule has 1 N–H and O–H groups in total. The van der Waals surface area contributed by atoms with Crippen LogP contribution in [0.4, 0.5) is 0 Å². The van der Waals surface area contributed by atoms with Gasteiger partial charge in [0.25, 0.3) is 0 Å². The van der Waals surface area contributed by atoms with Crippen LogP contribution in [-0.4, -0.2) is 17.3 Å². The van der Waals surface area contributed by atoms with E-state index in [9.17, 15) is 4.79 Å². The van der Waals surface area contributed by atoms with Gasteiger partial charge in [0.05, 0.1) is 0 Å². The van der Waals surface area contributed by atoms with E-state index < -0.39 is 0 Å². The summed E-state index contributed by atoms with van der Waals surface area (Å²) in [5, 5.41) is 3.01. The lowest BCUT2D eigenvalue weighted by molar-refractivity contribution is -0.122. The monoisotopic (exact) mass is 295 g/mol. The summed E-state index contributed by atoms with van der Waals surface area (Å²) in [4.78, 5) is 12.3. The zero-order chi connectivity index (χ0) is 12.3. The molecule has 0 spiro atoms. The molecule has 0 radical (unpaired) electrons. The molecule has 2 nitrogen and oxygen atoms in total. The Morgan fingerprint density at radius 3 is 2.82 bits per heavy atom. The molecule has 1 aromatic carbocycles. The first-order valence-electron chi connectivity index (χ1n) is 6.15. The molecule has 3 heteroatoms. The summed E-state index contributed by atoms with van der Waals surface area (Å²) < 4.78 is 0. The first-order valence-corrected chi connectivity index (χ1v) is 7.07. The molecule has 1 aliphatic rings. The van der Waals surface area contributed by atoms with Gasteiger partial charge in [-0.1, -0.05) is 53.2 Å². The minimum absolute atomic E-state index is 0.197. The fourth-order valence-electron chi connectivity index (χ4n) is 2.08. The Morgan fingerprint density at radius 1 is 1.47 bits per heavy atom. The quantitative estimate of drug-likeness (QED) is 0.831. The van der Waals surface area contributed by atoms with Gasteiger partial charge in [-0.25, -0.2) is 0 Å². The maximum absolute atomic E-state index is 11.8. The smallest absolute Gasteiger partial charge is 0.223 e. The molecule has 1 aromatic rings. The van der Waals surface area contributed by atoms with E-state index >= 15 is 0 Å². The summed E-state index contributed by atoms with van der Waals surface area (Å²) >= 11 is 3.47. The number of amides is 1. The molecule has 2 rings (SSSR count). The third kappa shape index (κ3) is 3.56. The molecule has 1 fully saturated rings. The minimum Gasteiger partial charge on any atom is -0.356 e. The van der Waals surface area contributed by atoms with E-state index in [1.807, 2.05) is 18.2 Å². The van der Waals surface area contributed by atoms with Crippen molar-refractivity contribution in [3.8, 4) is 0 Å². The fraction of sp³-hybridized carbons (Fsp3) is 0.500. The SMILES string of the molecule is CC(Br)CCNC(=O)C1CC1c1ccccc1. The van der Waals surface area contributed by atoms with Crippen LogP contribution in [0.2, 0.25) is 0 Å². The number of carbonyl (C=O) groups is 1. The lowest BCUT2D eigenvalue weighted by Gasteiger charge is -2.06. The molecule has 0 aliphatic heterocycles. The average molecular weight is 296 g/mol. The Kier molecular flexibility index (Phi) is 4.21. The Morgan fingerprint density at radius 2 is 2.18 bits per heavy atom. The van der Waals surface area contributed by atoms with E-state index in [-0.39, 0.29) is 11.8 Å². The molecule has 0 saturated heterocycles. The number of alkyl halides is 1. The van der Waals surface area contributed by atoms with Gasteiger partial charge < -0.3 is 5.32 Å². The molecule has 0 heterocycles. The van der Waals surface area contributed by atoms with Gasteiger partial charge in [0, 0.05) is 17.3 Å². The average Bonchev–Trinajstić information content (AvgIpc) is 3.09. The van der Waals surface area contributed by atoms with Crippen molar-refractivity contribution >= 4 is 21.8 Å². The van der Waals surface area contributed by atoms with E-state index in [0.29, 0.717) is 10.7 Å². The molecule has 3 unspecified atom stereocenters. The van der Waals surface area contributed by atoms with E-state index in [1.54, 1.807) is 0 Å². The summed E-state index contributed by atoms with van der Waals surface area (Å²) in [7, 11) is 0. The summed E-state index contributed by atoms with van der Waals surface area (Å²) in [6.45, 7) is 2.86. The predicted molar refractivity (Wildman–Crippen MR) is 73.3 cm³/mol. The van der Waals surface area contributed by atoms with Crippen molar-refractivity contribution in [2.24, 2.45) is 5.92 Å². The molecule has 92 valence electrons. The van der Waals surface area contributed by atoms with Crippen molar-refractivity contribution in [2.45, 2.75) is 30.5 Å². The Hall–Kier alpha value is -0.830. The van der Waals surface area contributed by atoms with Crippen LogP contribution in [0.5, 0.6) is 0 Å². The number of hydrogen-bond donors (Lipinski definition) is 1. The van der Waals surface area contributed by atoms with Crippen LogP contribution in [0.15, 0.2) is 30.3 Å². The molecule has 0 bridgehead atoms. The van der Waals surface area contributed by atoms with Crippen LogP contribution >= 0.6 is 15.9 Å². The van der Waals surface area contributed by atoms with Crippen LogP contribution in [0.3, 0.4) is 0 Å². The molecular weight excluding hydrogens is 278 g/mol. The van der Waals surface area contributed by atoms with E-state index in [1.165, 1.54) is 5.56 Å². The normalized spacial score (nSPS) is 24.1. The molecule has 1 saturated carbocycles. The van der Waals surface area contributed by atoms with Crippen molar-refractivity contribution in [3.05, 3.63) is 35.9 Å². The summed E-state index contributed by atoms with van der Waals surface area (Å²) in [6.07, 6.45) is 1.98. The van der Waals surface area contributed by atoms with Crippen molar-refractivity contribution in [2.75, 3.05) is 6.54 Å². The molecule has 0 aromatic heterocycles. The van der Waals surface area contributed by atoms with Crippen LogP contribution in [0, 0.1) is 5.92 Å². The van der Waals surface area contributed by atoms with Crippen LogP contribution in [0.1, 0.15) is 31.2 Å². The van der Waals surface area contributed by atoms with Gasteiger partial charge in [-0.05, 0) is 24.3 Å². The largest absolute Gasteiger partial charge is 0.356 e. The summed E-state index contributed by atoms with van der Waals surface area (Å²) in [5.41, 5.74) is 1.29. The van der Waals surface area contributed by atoms with E-state index in [4.69, 9.17) is 0 Å². The molecule has 3 atom stereocenters. The van der Waals surface area contributed by atoms with Gasteiger partial charge in [-0.2, -0.15) is 0 Å². The van der Waals surface area contributed by atoms with Gasteiger partial charge in [-0.3, -0.25) is 4.79 Å². The highest BCUT2D eigenvalue weighted by molar-refractivity contribution is 9.09. The Labute approximate surface area is 111 Å². The van der Waals surface area contributed by atoms with Gasteiger partial charge in [0.2, 0.25) is 5.91 Å². The summed E-state index contributed by atoms with van der Waals surface area (Å²) in [6, 6.07) is 10.3. The van der Waals surface area contributed by atoms with Crippen LogP contribution in [-0.2, 0) is 4.79 Å². The van der Waals surface area contributed by atoms with Crippen LogP contribution < -0.4 is 5.32 Å². The highest BCUT2D eigenvalue weighted by atomic mass is 79.9. The Bertz CT molecular complexity index is 377. The van der Waals surface area contributed by atoms with Crippen LogP contribution in [0.25, 0.3) is 0 Å². The highest BCUT2D eigenvalue weighted by Crippen LogP contribution is 2.47. The maximum Gasteiger partial charge on any atom is 0.223 e. The van der Waals surface area contributed by atoms with Gasteiger partial charge in [-0.15, -0.1) is 0 Å². The second kappa shape index (κ2) is 5.67. The maximum atomic E-state index is 11.8. The van der Waals surface area contributed by atoms with Gasteiger partial charge in [0.15, 0.2) is 0 Å². The highest BCUT2D eigenvalue weighted by Gasteiger charge is 2.43. The third-order valence-corrected chi connectivity index (χ3v) is 3.65. The lowest BCUT2D eigenvalue weighted by Crippen LogP contribution is -2.27. The van der Waals surface area contributed by atoms with Crippen molar-refractivity contribution in [3.63, 3.8) is 0 Å². The van der Waals surface area contributed by atoms with E-state index in [0.717, 1.165) is 19.4 Å². The number of halogens is 1. The fourth-order valence-corrected chi connectivity index (χ4v) is 2.31.